The Labute approximate surface area is 104 Å². The van der Waals surface area contributed by atoms with Crippen LogP contribution in [0, 0.1) is 0 Å². The summed E-state index contributed by atoms with van der Waals surface area (Å²) in [7, 11) is 1.56. The molecule has 4 nitrogen and oxygen atoms in total. The standard InChI is InChI=1S/C11H19F3N2O2/c1-16(9-5-3-2-4-8(9)15)10(17)6-18-7-11(12,13)14/h8-9H,2-7,15H2,1H3. The van der Waals surface area contributed by atoms with Crippen LogP contribution in [-0.4, -0.2) is 49.3 Å². The van der Waals surface area contributed by atoms with Crippen molar-refractivity contribution in [3.8, 4) is 0 Å². The van der Waals surface area contributed by atoms with Crippen LogP contribution in [-0.2, 0) is 9.53 Å². The van der Waals surface area contributed by atoms with Crippen LogP contribution < -0.4 is 5.73 Å². The van der Waals surface area contributed by atoms with Crippen LogP contribution in [0.3, 0.4) is 0 Å². The third kappa shape index (κ3) is 4.81. The summed E-state index contributed by atoms with van der Waals surface area (Å²) in [6, 6.07) is -0.198. The fourth-order valence-corrected chi connectivity index (χ4v) is 2.16. The number of halogens is 3. The molecule has 0 aromatic rings. The second-order valence-electron chi connectivity index (χ2n) is 4.63. The van der Waals surface area contributed by atoms with Crippen LogP contribution in [0.4, 0.5) is 13.2 Å². The van der Waals surface area contributed by atoms with Crippen molar-refractivity contribution in [2.75, 3.05) is 20.3 Å². The highest BCUT2D eigenvalue weighted by atomic mass is 19.4. The molecule has 0 saturated heterocycles. The second kappa shape index (κ2) is 6.38. The van der Waals surface area contributed by atoms with Gasteiger partial charge in [-0.05, 0) is 12.8 Å². The third-order valence-corrected chi connectivity index (χ3v) is 3.16. The number of alkyl halides is 3. The summed E-state index contributed by atoms with van der Waals surface area (Å²) in [6.07, 6.45) is -0.752. The van der Waals surface area contributed by atoms with Crippen LogP contribution in [0.2, 0.25) is 0 Å². The molecule has 1 rings (SSSR count). The van der Waals surface area contributed by atoms with Crippen LogP contribution in [0.1, 0.15) is 25.7 Å². The van der Waals surface area contributed by atoms with Gasteiger partial charge in [0.05, 0.1) is 0 Å². The van der Waals surface area contributed by atoms with E-state index in [0.29, 0.717) is 0 Å². The van der Waals surface area contributed by atoms with Crippen molar-refractivity contribution in [1.29, 1.82) is 0 Å². The van der Waals surface area contributed by atoms with Gasteiger partial charge in [0.1, 0.15) is 13.2 Å². The highest BCUT2D eigenvalue weighted by Crippen LogP contribution is 2.21. The molecule has 0 aliphatic heterocycles. The Morgan fingerprint density at radius 1 is 1.39 bits per heavy atom. The highest BCUT2D eigenvalue weighted by molar-refractivity contribution is 5.77. The lowest BCUT2D eigenvalue weighted by molar-refractivity contribution is -0.178. The van der Waals surface area contributed by atoms with E-state index < -0.39 is 25.3 Å². The number of likely N-dealkylation sites (N-methyl/N-ethyl adjacent to an activating group) is 1. The number of amides is 1. The summed E-state index contributed by atoms with van der Waals surface area (Å²) in [4.78, 5) is 13.1. The van der Waals surface area contributed by atoms with E-state index in [1.54, 1.807) is 7.05 Å². The number of nitrogens with two attached hydrogens (primary N) is 1. The van der Waals surface area contributed by atoms with Gasteiger partial charge in [-0.15, -0.1) is 0 Å². The zero-order valence-electron chi connectivity index (χ0n) is 10.4. The largest absolute Gasteiger partial charge is 0.411 e. The molecule has 18 heavy (non-hydrogen) atoms. The van der Waals surface area contributed by atoms with Crippen molar-refractivity contribution in [3.05, 3.63) is 0 Å². The smallest absolute Gasteiger partial charge is 0.362 e. The molecule has 1 aliphatic rings. The van der Waals surface area contributed by atoms with Gasteiger partial charge in [-0.3, -0.25) is 4.79 Å². The molecule has 1 amide bonds. The first-order valence-electron chi connectivity index (χ1n) is 5.97. The van der Waals surface area contributed by atoms with E-state index in [2.05, 4.69) is 4.74 Å². The Hall–Kier alpha value is -0.820. The quantitative estimate of drug-likeness (QED) is 0.836. The van der Waals surface area contributed by atoms with E-state index >= 15 is 0 Å². The van der Waals surface area contributed by atoms with Crippen molar-refractivity contribution in [1.82, 2.24) is 4.90 Å². The fraction of sp³-hybridized carbons (Fsp3) is 0.909. The predicted molar refractivity (Wildman–Crippen MR) is 59.9 cm³/mol. The first kappa shape index (κ1) is 15.2. The Morgan fingerprint density at radius 3 is 2.56 bits per heavy atom. The Balaban J connectivity index is 2.36. The molecular weight excluding hydrogens is 249 g/mol. The summed E-state index contributed by atoms with van der Waals surface area (Å²) in [6.45, 7) is -1.96. The maximum Gasteiger partial charge on any atom is 0.411 e. The van der Waals surface area contributed by atoms with Gasteiger partial charge < -0.3 is 15.4 Å². The van der Waals surface area contributed by atoms with Crippen LogP contribution in [0.25, 0.3) is 0 Å². The third-order valence-electron chi connectivity index (χ3n) is 3.16. The van der Waals surface area contributed by atoms with Crippen LogP contribution >= 0.6 is 0 Å². The van der Waals surface area contributed by atoms with Gasteiger partial charge in [-0.1, -0.05) is 12.8 Å². The molecule has 0 radical (unpaired) electrons. The normalized spacial score (nSPS) is 24.9. The van der Waals surface area contributed by atoms with E-state index in [9.17, 15) is 18.0 Å². The van der Waals surface area contributed by atoms with Gasteiger partial charge in [0.2, 0.25) is 5.91 Å². The lowest BCUT2D eigenvalue weighted by atomic mass is 9.90. The van der Waals surface area contributed by atoms with E-state index in [1.807, 2.05) is 0 Å². The summed E-state index contributed by atoms with van der Waals surface area (Å²) in [5.74, 6) is -0.457. The summed E-state index contributed by atoms with van der Waals surface area (Å²) < 4.78 is 39.9. The van der Waals surface area contributed by atoms with E-state index in [4.69, 9.17) is 5.73 Å². The van der Waals surface area contributed by atoms with Crippen molar-refractivity contribution in [2.24, 2.45) is 5.73 Å². The minimum atomic E-state index is -4.40. The molecule has 0 heterocycles. The lowest BCUT2D eigenvalue weighted by Gasteiger charge is -2.36. The molecule has 0 aromatic carbocycles. The predicted octanol–water partition coefficient (Wildman–Crippen LogP) is 1.29. The van der Waals surface area contributed by atoms with Gasteiger partial charge >= 0.3 is 6.18 Å². The number of hydrogen-bond donors (Lipinski definition) is 1. The fourth-order valence-electron chi connectivity index (χ4n) is 2.16. The molecule has 0 aromatic heterocycles. The van der Waals surface area contributed by atoms with Crippen molar-refractivity contribution < 1.29 is 22.7 Å². The van der Waals surface area contributed by atoms with Gasteiger partial charge in [-0.25, -0.2) is 0 Å². The molecule has 106 valence electrons. The van der Waals surface area contributed by atoms with Gasteiger partial charge in [-0.2, -0.15) is 13.2 Å². The van der Waals surface area contributed by atoms with Gasteiger partial charge in [0.15, 0.2) is 0 Å². The monoisotopic (exact) mass is 268 g/mol. The van der Waals surface area contributed by atoms with Crippen LogP contribution in [0.15, 0.2) is 0 Å². The summed E-state index contributed by atoms with van der Waals surface area (Å²) >= 11 is 0. The molecule has 2 N–H and O–H groups in total. The molecule has 7 heteroatoms. The molecule has 0 spiro atoms. The average Bonchev–Trinajstić information content (AvgIpc) is 2.27. The zero-order valence-corrected chi connectivity index (χ0v) is 10.4. The molecule has 1 fully saturated rings. The minimum Gasteiger partial charge on any atom is -0.362 e. The molecule has 0 bridgehead atoms. The molecule has 2 atom stereocenters. The highest BCUT2D eigenvalue weighted by Gasteiger charge is 2.30. The molecule has 2 unspecified atom stereocenters. The number of ether oxygens (including phenoxy) is 1. The van der Waals surface area contributed by atoms with E-state index in [0.717, 1.165) is 25.7 Å². The van der Waals surface area contributed by atoms with Crippen LogP contribution in [0.5, 0.6) is 0 Å². The van der Waals surface area contributed by atoms with E-state index in [-0.39, 0.29) is 12.1 Å². The maximum atomic E-state index is 11.9. The average molecular weight is 268 g/mol. The Kier molecular flexibility index (Phi) is 5.40. The SMILES string of the molecule is CN(C(=O)COCC(F)(F)F)C1CCCCC1N. The second-order valence-corrected chi connectivity index (χ2v) is 4.63. The minimum absolute atomic E-state index is 0.0965. The number of nitrogens with zero attached hydrogens (tertiary/aromatic N) is 1. The Morgan fingerprint density at radius 2 is 2.00 bits per heavy atom. The summed E-state index contributed by atoms with van der Waals surface area (Å²) in [5, 5.41) is 0. The first-order chi connectivity index (χ1) is 8.31. The molecule has 1 aliphatic carbocycles. The van der Waals surface area contributed by atoms with E-state index in [1.165, 1.54) is 4.90 Å². The first-order valence-corrected chi connectivity index (χ1v) is 5.97. The zero-order chi connectivity index (χ0) is 13.8. The summed E-state index contributed by atoms with van der Waals surface area (Å²) in [5.41, 5.74) is 5.90. The number of carbonyl (C=O) groups excluding carboxylic acids is 1. The number of carbonyl (C=O) groups is 1. The molecular formula is C11H19F3N2O2. The number of rotatable bonds is 4. The Bertz CT molecular complexity index is 284. The van der Waals surface area contributed by atoms with Crippen molar-refractivity contribution in [3.63, 3.8) is 0 Å². The topological polar surface area (TPSA) is 55.6 Å². The van der Waals surface area contributed by atoms with Gasteiger partial charge in [0.25, 0.3) is 0 Å². The van der Waals surface area contributed by atoms with Gasteiger partial charge in [0, 0.05) is 19.1 Å². The van der Waals surface area contributed by atoms with Crippen molar-refractivity contribution in [2.45, 2.75) is 43.9 Å². The molecule has 1 saturated carbocycles. The number of hydrogen-bond acceptors (Lipinski definition) is 3. The lowest BCUT2D eigenvalue weighted by Crippen LogP contribution is -2.51. The van der Waals surface area contributed by atoms with Crippen molar-refractivity contribution >= 4 is 5.91 Å². The maximum absolute atomic E-state index is 11.9.